The summed E-state index contributed by atoms with van der Waals surface area (Å²) in [6.45, 7) is 1.98. The molecule has 156 valence electrons. The van der Waals surface area contributed by atoms with E-state index in [9.17, 15) is 4.79 Å². The van der Waals surface area contributed by atoms with E-state index in [1.54, 1.807) is 30.2 Å². The van der Waals surface area contributed by atoms with Crippen molar-refractivity contribution in [2.45, 2.75) is 25.6 Å². The van der Waals surface area contributed by atoms with E-state index in [4.69, 9.17) is 37.4 Å². The summed E-state index contributed by atoms with van der Waals surface area (Å²) >= 11 is 11.2. The maximum absolute atomic E-state index is 12.2. The first kappa shape index (κ1) is 21.8. The second-order valence-electron chi connectivity index (χ2n) is 6.77. The smallest absolute Gasteiger partial charge is 0.228 e. The Kier molecular flexibility index (Phi) is 8.12. The number of amides is 1. The van der Waals surface area contributed by atoms with Gasteiger partial charge in [0, 0.05) is 25.5 Å². The lowest BCUT2D eigenvalue weighted by Crippen LogP contribution is -2.41. The van der Waals surface area contributed by atoms with Gasteiger partial charge >= 0.3 is 0 Å². The molecule has 0 saturated carbocycles. The van der Waals surface area contributed by atoms with Crippen molar-refractivity contribution in [2.75, 3.05) is 31.8 Å². The summed E-state index contributed by atoms with van der Waals surface area (Å²) in [7, 11) is 1.57. The number of hydrogen-bond donors (Lipinski definition) is 0. The number of nitrogens with zero attached hydrogens (tertiary/aromatic N) is 2. The molecule has 2 saturated heterocycles. The topological polar surface area (TPSA) is 60.9 Å². The fourth-order valence-corrected chi connectivity index (χ4v) is 3.52. The van der Waals surface area contributed by atoms with E-state index in [0.29, 0.717) is 53.8 Å². The van der Waals surface area contributed by atoms with Crippen LogP contribution in [0.3, 0.4) is 0 Å². The standard InChI is InChI=1S/C15H20N2O4.C6H4Cl2/c1-19-13-4-2-3-12(16-13)17-10-11(5-6-14(17)18)9-15-20-7-8-21-15;7-5-3-1-2-4-6(5)8/h2-4,11,15H,5-10H2,1H3;1-4H. The third-order valence-corrected chi connectivity index (χ3v) is 5.50. The van der Waals surface area contributed by atoms with Crippen molar-refractivity contribution < 1.29 is 19.0 Å². The van der Waals surface area contributed by atoms with Crippen molar-refractivity contribution in [3.05, 3.63) is 52.5 Å². The Balaban J connectivity index is 0.000000252. The average Bonchev–Trinajstić information content (AvgIpc) is 3.25. The van der Waals surface area contributed by atoms with Crippen molar-refractivity contribution >= 4 is 34.9 Å². The lowest BCUT2D eigenvalue weighted by molar-refractivity contribution is -0.121. The molecular formula is C21H24Cl2N2O4. The van der Waals surface area contributed by atoms with Gasteiger partial charge in [0.2, 0.25) is 11.8 Å². The maximum atomic E-state index is 12.2. The molecule has 2 aliphatic rings. The van der Waals surface area contributed by atoms with Gasteiger partial charge in [0.1, 0.15) is 5.82 Å². The van der Waals surface area contributed by atoms with Crippen LogP contribution in [-0.4, -0.2) is 44.0 Å². The zero-order chi connectivity index (χ0) is 20.6. The Morgan fingerprint density at radius 1 is 1.10 bits per heavy atom. The van der Waals surface area contributed by atoms with Crippen molar-refractivity contribution in [2.24, 2.45) is 5.92 Å². The van der Waals surface area contributed by atoms with Crippen LogP contribution in [0.2, 0.25) is 10.0 Å². The number of rotatable bonds is 4. The molecule has 1 aromatic carbocycles. The third kappa shape index (κ3) is 6.31. The zero-order valence-electron chi connectivity index (χ0n) is 16.2. The van der Waals surface area contributed by atoms with Gasteiger partial charge in [-0.2, -0.15) is 4.98 Å². The summed E-state index contributed by atoms with van der Waals surface area (Å²) < 4.78 is 16.1. The molecule has 0 spiro atoms. The first-order chi connectivity index (χ1) is 14.1. The Hall–Kier alpha value is -1.86. The highest BCUT2D eigenvalue weighted by Gasteiger charge is 2.30. The monoisotopic (exact) mass is 438 g/mol. The first-order valence-corrected chi connectivity index (χ1v) is 10.3. The van der Waals surface area contributed by atoms with Crippen molar-refractivity contribution in [3.63, 3.8) is 0 Å². The van der Waals surface area contributed by atoms with E-state index in [-0.39, 0.29) is 12.2 Å². The van der Waals surface area contributed by atoms with Crippen LogP contribution in [0.15, 0.2) is 42.5 Å². The summed E-state index contributed by atoms with van der Waals surface area (Å²) in [6.07, 6.45) is 2.12. The highest BCUT2D eigenvalue weighted by Crippen LogP contribution is 2.28. The van der Waals surface area contributed by atoms with Gasteiger partial charge in [-0.1, -0.05) is 41.4 Å². The number of piperidine rings is 1. The number of benzene rings is 1. The Morgan fingerprint density at radius 2 is 1.79 bits per heavy atom. The highest BCUT2D eigenvalue weighted by atomic mass is 35.5. The number of anilines is 1. The quantitative estimate of drug-likeness (QED) is 0.698. The van der Waals surface area contributed by atoms with Crippen LogP contribution >= 0.6 is 23.2 Å². The van der Waals surface area contributed by atoms with E-state index in [1.807, 2.05) is 24.3 Å². The predicted molar refractivity (Wildman–Crippen MR) is 113 cm³/mol. The second-order valence-corrected chi connectivity index (χ2v) is 7.58. The average molecular weight is 439 g/mol. The molecule has 6 nitrogen and oxygen atoms in total. The molecule has 29 heavy (non-hydrogen) atoms. The number of methoxy groups -OCH3 is 1. The number of hydrogen-bond acceptors (Lipinski definition) is 5. The molecule has 0 N–H and O–H groups in total. The number of ether oxygens (including phenoxy) is 3. The Bertz CT molecular complexity index is 794. The summed E-state index contributed by atoms with van der Waals surface area (Å²) in [5.74, 6) is 1.65. The van der Waals surface area contributed by atoms with Gasteiger partial charge in [-0.05, 0) is 30.5 Å². The van der Waals surface area contributed by atoms with Gasteiger partial charge < -0.3 is 14.2 Å². The number of carbonyl (C=O) groups is 1. The molecular weight excluding hydrogens is 415 g/mol. The van der Waals surface area contributed by atoms with Crippen LogP contribution in [0.4, 0.5) is 5.82 Å². The Morgan fingerprint density at radius 3 is 2.41 bits per heavy atom. The zero-order valence-corrected chi connectivity index (χ0v) is 17.7. The minimum atomic E-state index is -0.122. The van der Waals surface area contributed by atoms with Crippen LogP contribution in [0.5, 0.6) is 5.88 Å². The molecule has 0 aliphatic carbocycles. The van der Waals surface area contributed by atoms with E-state index >= 15 is 0 Å². The lowest BCUT2D eigenvalue weighted by Gasteiger charge is -2.32. The summed E-state index contributed by atoms with van der Waals surface area (Å²) in [5.41, 5.74) is 0. The van der Waals surface area contributed by atoms with E-state index in [1.165, 1.54) is 0 Å². The Labute approximate surface area is 180 Å². The number of pyridine rings is 1. The van der Waals surface area contributed by atoms with Crippen molar-refractivity contribution in [1.82, 2.24) is 4.98 Å². The number of halogens is 2. The fraction of sp³-hybridized carbons (Fsp3) is 0.429. The van der Waals surface area contributed by atoms with E-state index in [2.05, 4.69) is 4.98 Å². The molecule has 2 fully saturated rings. The third-order valence-electron chi connectivity index (χ3n) is 4.74. The molecule has 1 aromatic heterocycles. The molecule has 2 aliphatic heterocycles. The van der Waals surface area contributed by atoms with Crippen LogP contribution in [0.1, 0.15) is 19.3 Å². The van der Waals surface area contributed by atoms with Gasteiger partial charge in [-0.3, -0.25) is 9.69 Å². The normalized spacial score (nSPS) is 19.6. The number of aromatic nitrogens is 1. The minimum Gasteiger partial charge on any atom is -0.481 e. The minimum absolute atomic E-state index is 0.111. The van der Waals surface area contributed by atoms with Crippen molar-refractivity contribution in [3.8, 4) is 5.88 Å². The van der Waals surface area contributed by atoms with Gasteiger partial charge in [0.25, 0.3) is 0 Å². The molecule has 0 radical (unpaired) electrons. The van der Waals surface area contributed by atoms with Crippen LogP contribution in [0, 0.1) is 5.92 Å². The molecule has 2 aromatic rings. The first-order valence-electron chi connectivity index (χ1n) is 9.51. The van der Waals surface area contributed by atoms with Crippen molar-refractivity contribution in [1.29, 1.82) is 0 Å². The summed E-state index contributed by atoms with van der Waals surface area (Å²) in [6, 6.07) is 12.7. The lowest BCUT2D eigenvalue weighted by atomic mass is 9.94. The molecule has 1 amide bonds. The molecule has 8 heteroatoms. The maximum Gasteiger partial charge on any atom is 0.228 e. The molecule has 1 unspecified atom stereocenters. The van der Waals surface area contributed by atoms with E-state index in [0.717, 1.165) is 12.8 Å². The van der Waals surface area contributed by atoms with Gasteiger partial charge in [0.15, 0.2) is 6.29 Å². The van der Waals surface area contributed by atoms with Crippen LogP contribution < -0.4 is 9.64 Å². The molecule has 0 bridgehead atoms. The van der Waals surface area contributed by atoms with Gasteiger partial charge in [0.05, 0.1) is 30.4 Å². The van der Waals surface area contributed by atoms with Crippen LogP contribution in [0.25, 0.3) is 0 Å². The largest absolute Gasteiger partial charge is 0.481 e. The van der Waals surface area contributed by atoms with E-state index < -0.39 is 0 Å². The van der Waals surface area contributed by atoms with Crippen LogP contribution in [-0.2, 0) is 14.3 Å². The molecule has 1 atom stereocenters. The highest BCUT2D eigenvalue weighted by molar-refractivity contribution is 6.41. The number of carbonyl (C=O) groups excluding carboxylic acids is 1. The summed E-state index contributed by atoms with van der Waals surface area (Å²) in [5, 5.41) is 1.21. The molecule has 4 rings (SSSR count). The SMILES string of the molecule is COc1cccc(N2CC(CC3OCCO3)CCC2=O)n1.Clc1ccccc1Cl. The van der Waals surface area contributed by atoms with Gasteiger partial charge in [-0.15, -0.1) is 0 Å². The van der Waals surface area contributed by atoms with Gasteiger partial charge in [-0.25, -0.2) is 0 Å². The fourth-order valence-electron chi connectivity index (χ4n) is 3.25. The predicted octanol–water partition coefficient (Wildman–Crippen LogP) is 4.59. The second kappa shape index (κ2) is 10.8. The summed E-state index contributed by atoms with van der Waals surface area (Å²) in [4.78, 5) is 18.3. The molecule has 3 heterocycles.